The molecular weight excluding hydrogens is 702 g/mol. The average molecular weight is 738 g/mol. The van der Waals surface area contributed by atoms with Gasteiger partial charge in [0.2, 0.25) is 15.9 Å². The maximum absolute atomic E-state index is 14.9. The highest BCUT2D eigenvalue weighted by Crippen LogP contribution is 2.53. The van der Waals surface area contributed by atoms with E-state index in [0.29, 0.717) is 27.0 Å². The zero-order chi connectivity index (χ0) is 35.0. The number of carbonyl (C=O) groups is 2. The van der Waals surface area contributed by atoms with Crippen LogP contribution in [-0.4, -0.2) is 48.8 Å². The molecule has 9 nitrogen and oxygen atoms in total. The lowest BCUT2D eigenvalue weighted by Gasteiger charge is -2.48. The summed E-state index contributed by atoms with van der Waals surface area (Å²) in [5.41, 5.74) is 1.52. The number of nitrogens with zero attached hydrogens (tertiary/aromatic N) is 2. The van der Waals surface area contributed by atoms with E-state index in [-0.39, 0.29) is 37.3 Å². The molecule has 260 valence electrons. The summed E-state index contributed by atoms with van der Waals surface area (Å²) in [5, 5.41) is 3.69. The fourth-order valence-corrected chi connectivity index (χ4v) is 9.02. The monoisotopic (exact) mass is 736 g/mol. The number of nitrogens with one attached hydrogen (secondary N) is 2. The number of sulfonamides is 1. The van der Waals surface area contributed by atoms with Crippen LogP contribution >= 0.6 is 23.2 Å². The smallest absolute Gasteiger partial charge is 0.253 e. The first-order valence-electron chi connectivity index (χ1n) is 16.5. The predicted molar refractivity (Wildman–Crippen MR) is 188 cm³/mol. The Morgan fingerprint density at radius 3 is 2.36 bits per heavy atom. The molecule has 1 aliphatic heterocycles. The Balaban J connectivity index is 1.26. The van der Waals surface area contributed by atoms with E-state index in [0.717, 1.165) is 12.8 Å². The van der Waals surface area contributed by atoms with Crippen molar-refractivity contribution >= 4 is 50.9 Å². The summed E-state index contributed by atoms with van der Waals surface area (Å²) >= 11 is 12.7. The second-order valence-corrected chi connectivity index (χ2v) is 16.0. The standard InChI is InChI=1S/C37H35Cl2FN4O5S/c38-26-15-13-24(14-16-26)34-35(25-6-5-7-27(39)20-25)49-31(21-33(45)43-32-10-3-4-19-41-32)36(46)44(34)30(23-11-12-23)22-42-50(47,48)37(17-18-37)28-8-1-2-9-29(28)40/h1-10,13-16,19-20,23,30-31,34-35,42H,11-12,17-18,21-22H2,(H,41,43,45)/t30-,31+,34-,35-/m1/s1. The Morgan fingerprint density at radius 2 is 1.70 bits per heavy atom. The van der Waals surface area contributed by atoms with Gasteiger partial charge in [0.25, 0.3) is 5.91 Å². The third-order valence-electron chi connectivity index (χ3n) is 9.71. The Hall–Kier alpha value is -3.87. The Bertz CT molecular complexity index is 1990. The van der Waals surface area contributed by atoms with Gasteiger partial charge in [-0.3, -0.25) is 9.59 Å². The second kappa shape index (κ2) is 14.0. The van der Waals surface area contributed by atoms with E-state index >= 15 is 0 Å². The van der Waals surface area contributed by atoms with Crippen LogP contribution in [-0.2, 0) is 29.1 Å². The number of pyridine rings is 1. The number of carbonyl (C=O) groups excluding carboxylic acids is 2. The van der Waals surface area contributed by atoms with Crippen molar-refractivity contribution in [2.24, 2.45) is 5.92 Å². The highest BCUT2D eigenvalue weighted by Gasteiger charge is 2.58. The predicted octanol–water partition coefficient (Wildman–Crippen LogP) is 6.95. The normalized spacial score (nSPS) is 22.2. The van der Waals surface area contributed by atoms with Crippen molar-refractivity contribution in [2.45, 2.75) is 61.1 Å². The van der Waals surface area contributed by atoms with Crippen LogP contribution < -0.4 is 10.0 Å². The largest absolute Gasteiger partial charge is 0.357 e. The summed E-state index contributed by atoms with van der Waals surface area (Å²) < 4.78 is 50.8. The van der Waals surface area contributed by atoms with E-state index in [2.05, 4.69) is 15.0 Å². The van der Waals surface area contributed by atoms with E-state index in [1.807, 2.05) is 18.2 Å². The molecule has 3 aliphatic rings. The molecule has 50 heavy (non-hydrogen) atoms. The van der Waals surface area contributed by atoms with Gasteiger partial charge in [-0.15, -0.1) is 0 Å². The van der Waals surface area contributed by atoms with Gasteiger partial charge in [0.05, 0.1) is 12.5 Å². The lowest BCUT2D eigenvalue weighted by molar-refractivity contribution is -0.181. The highest BCUT2D eigenvalue weighted by atomic mass is 35.5. The van der Waals surface area contributed by atoms with E-state index in [9.17, 15) is 22.4 Å². The minimum Gasteiger partial charge on any atom is -0.357 e. The van der Waals surface area contributed by atoms with Crippen LogP contribution in [0.25, 0.3) is 0 Å². The molecule has 2 amide bonds. The molecule has 0 unspecified atom stereocenters. The number of aromatic nitrogens is 1. The molecular formula is C37H35Cl2FN4O5S. The third-order valence-corrected chi connectivity index (χ3v) is 12.4. The quantitative estimate of drug-likeness (QED) is 0.163. The van der Waals surface area contributed by atoms with Gasteiger partial charge in [0, 0.05) is 34.4 Å². The van der Waals surface area contributed by atoms with Gasteiger partial charge in [0.15, 0.2) is 0 Å². The number of halogens is 3. The van der Waals surface area contributed by atoms with Crippen LogP contribution in [0.5, 0.6) is 0 Å². The van der Waals surface area contributed by atoms with E-state index in [4.69, 9.17) is 27.9 Å². The minimum atomic E-state index is -4.07. The third kappa shape index (κ3) is 7.02. The van der Waals surface area contributed by atoms with Crippen LogP contribution in [0.4, 0.5) is 10.2 Å². The highest BCUT2D eigenvalue weighted by molar-refractivity contribution is 7.90. The first kappa shape index (κ1) is 34.6. The van der Waals surface area contributed by atoms with Crippen molar-refractivity contribution in [2.75, 3.05) is 11.9 Å². The van der Waals surface area contributed by atoms with Crippen molar-refractivity contribution in [3.05, 3.63) is 130 Å². The molecule has 2 N–H and O–H groups in total. The first-order chi connectivity index (χ1) is 24.1. The topological polar surface area (TPSA) is 118 Å². The van der Waals surface area contributed by atoms with Gasteiger partial charge >= 0.3 is 0 Å². The molecule has 2 heterocycles. The number of morpholine rings is 1. The molecule has 4 atom stereocenters. The number of hydrogen-bond acceptors (Lipinski definition) is 6. The molecule has 7 rings (SSSR count). The molecule has 2 saturated carbocycles. The van der Waals surface area contributed by atoms with Gasteiger partial charge in [0.1, 0.15) is 28.6 Å². The molecule has 2 aliphatic carbocycles. The number of hydrogen-bond donors (Lipinski definition) is 2. The van der Waals surface area contributed by atoms with Crippen molar-refractivity contribution in [3.63, 3.8) is 0 Å². The van der Waals surface area contributed by atoms with Gasteiger partial charge in [-0.2, -0.15) is 0 Å². The number of rotatable bonds is 12. The fourth-order valence-electron chi connectivity index (χ4n) is 6.94. The molecule has 13 heteroatoms. The van der Waals surface area contributed by atoms with Crippen LogP contribution in [0.1, 0.15) is 60.9 Å². The van der Waals surface area contributed by atoms with E-state index < -0.39 is 56.7 Å². The molecule has 3 fully saturated rings. The maximum atomic E-state index is 14.9. The van der Waals surface area contributed by atoms with Crippen LogP contribution in [0.2, 0.25) is 10.0 Å². The summed E-state index contributed by atoms with van der Waals surface area (Å²) in [5.74, 6) is -1.19. The summed E-state index contributed by atoms with van der Waals surface area (Å²) in [6.07, 6.45) is 1.35. The number of amides is 2. The molecule has 1 saturated heterocycles. The van der Waals surface area contributed by atoms with Crippen molar-refractivity contribution < 1.29 is 27.1 Å². The molecule has 0 radical (unpaired) electrons. The number of anilines is 1. The van der Waals surface area contributed by atoms with Crippen LogP contribution in [0.15, 0.2) is 97.2 Å². The lowest BCUT2D eigenvalue weighted by atomic mass is 9.89. The van der Waals surface area contributed by atoms with Crippen LogP contribution in [0, 0.1) is 11.7 Å². The maximum Gasteiger partial charge on any atom is 0.253 e. The molecule has 1 aromatic heterocycles. The van der Waals surface area contributed by atoms with E-state index in [1.54, 1.807) is 65.7 Å². The van der Waals surface area contributed by atoms with Crippen molar-refractivity contribution in [3.8, 4) is 0 Å². The lowest BCUT2D eigenvalue weighted by Crippen LogP contribution is -2.58. The van der Waals surface area contributed by atoms with Gasteiger partial charge in [-0.05, 0) is 85.2 Å². The van der Waals surface area contributed by atoms with Crippen molar-refractivity contribution in [1.82, 2.24) is 14.6 Å². The molecule has 3 aromatic carbocycles. The summed E-state index contributed by atoms with van der Waals surface area (Å²) in [6, 6.07) is 23.9. The average Bonchev–Trinajstić information content (AvgIpc) is 4.03. The first-order valence-corrected chi connectivity index (χ1v) is 18.7. The molecule has 4 aromatic rings. The number of benzene rings is 3. The Labute approximate surface area is 300 Å². The SMILES string of the molecule is O=C(C[C@@H]1O[C@H](c2cccc(Cl)c2)[C@@H](c2ccc(Cl)cc2)N([C@H](CNS(=O)(=O)C2(c3ccccc3F)CC2)C2CC2)C1=O)Nc1ccccn1. The molecule has 0 bridgehead atoms. The van der Waals surface area contributed by atoms with Gasteiger partial charge < -0.3 is 15.0 Å². The van der Waals surface area contributed by atoms with Gasteiger partial charge in [-0.25, -0.2) is 22.5 Å². The van der Waals surface area contributed by atoms with Gasteiger partial charge in [-0.1, -0.05) is 71.7 Å². The van der Waals surface area contributed by atoms with E-state index in [1.165, 1.54) is 18.2 Å². The molecule has 0 spiro atoms. The Kier molecular flexibility index (Phi) is 9.71. The summed E-state index contributed by atoms with van der Waals surface area (Å²) in [7, 11) is -4.07. The minimum absolute atomic E-state index is 0.0267. The van der Waals surface area contributed by atoms with Crippen molar-refractivity contribution in [1.29, 1.82) is 0 Å². The summed E-state index contributed by atoms with van der Waals surface area (Å²) in [6.45, 7) is -0.103. The summed E-state index contributed by atoms with van der Waals surface area (Å²) in [4.78, 5) is 33.9. The Morgan fingerprint density at radius 1 is 0.960 bits per heavy atom. The zero-order valence-corrected chi connectivity index (χ0v) is 29.2. The zero-order valence-electron chi connectivity index (χ0n) is 26.8. The van der Waals surface area contributed by atoms with Crippen LogP contribution in [0.3, 0.4) is 0 Å². The number of ether oxygens (including phenoxy) is 1. The second-order valence-electron chi connectivity index (χ2n) is 13.0. The fraction of sp³-hybridized carbons (Fsp3) is 0.324.